The molecular formula is C20H20FNO3S. The van der Waals surface area contributed by atoms with Crippen LogP contribution in [0.1, 0.15) is 24.3 Å². The lowest BCUT2D eigenvalue weighted by atomic mass is 9.92. The fourth-order valence-corrected chi connectivity index (χ4v) is 5.20. The zero-order valence-corrected chi connectivity index (χ0v) is 15.3. The number of aromatic amines is 1. The summed E-state index contributed by atoms with van der Waals surface area (Å²) in [7, 11) is -1.44. The average molecular weight is 373 g/mol. The molecule has 0 aliphatic carbocycles. The summed E-state index contributed by atoms with van der Waals surface area (Å²) in [6.07, 6.45) is 3.28. The van der Waals surface area contributed by atoms with E-state index in [0.29, 0.717) is 12.8 Å². The molecular weight excluding hydrogens is 353 g/mol. The monoisotopic (exact) mass is 373 g/mol. The van der Waals surface area contributed by atoms with Crippen molar-refractivity contribution in [3.63, 3.8) is 0 Å². The van der Waals surface area contributed by atoms with E-state index in [9.17, 15) is 12.8 Å². The molecule has 0 spiro atoms. The van der Waals surface area contributed by atoms with Crippen molar-refractivity contribution in [2.24, 2.45) is 0 Å². The Morgan fingerprint density at radius 1 is 1.08 bits per heavy atom. The van der Waals surface area contributed by atoms with Gasteiger partial charge >= 0.3 is 0 Å². The van der Waals surface area contributed by atoms with E-state index in [4.69, 9.17) is 4.74 Å². The number of hydrogen-bond donors (Lipinski definition) is 1. The molecule has 1 aliphatic heterocycles. The number of sulfone groups is 1. The Balaban J connectivity index is 1.72. The highest BCUT2D eigenvalue weighted by molar-refractivity contribution is 7.91. The lowest BCUT2D eigenvalue weighted by molar-refractivity contribution is 0.386. The summed E-state index contributed by atoms with van der Waals surface area (Å²) in [5.74, 6) is 0.550. The molecule has 4 nitrogen and oxygen atoms in total. The van der Waals surface area contributed by atoms with Crippen LogP contribution in [-0.4, -0.2) is 32.0 Å². The number of ether oxygens (including phenoxy) is 1. The maximum atomic E-state index is 14.0. The van der Waals surface area contributed by atoms with Crippen LogP contribution in [0.2, 0.25) is 0 Å². The number of hydrogen-bond acceptors (Lipinski definition) is 3. The van der Waals surface area contributed by atoms with Crippen LogP contribution in [0.5, 0.6) is 5.75 Å². The highest BCUT2D eigenvalue weighted by Gasteiger charge is 2.26. The molecule has 1 saturated heterocycles. The van der Waals surface area contributed by atoms with E-state index in [2.05, 4.69) is 4.98 Å². The van der Waals surface area contributed by atoms with Crippen molar-refractivity contribution in [3.05, 3.63) is 54.0 Å². The van der Waals surface area contributed by atoms with Gasteiger partial charge in [-0.05, 0) is 59.7 Å². The van der Waals surface area contributed by atoms with Gasteiger partial charge in [-0.1, -0.05) is 12.1 Å². The van der Waals surface area contributed by atoms with Crippen molar-refractivity contribution in [2.45, 2.75) is 18.8 Å². The molecule has 0 bridgehead atoms. The predicted octanol–water partition coefficient (Wildman–Crippen LogP) is 4.27. The number of nitrogens with one attached hydrogen (secondary N) is 1. The SMILES string of the molecule is COc1ccc(-c2ccc3[nH]cc(C4CCS(=O)(=O)CC4)c3c2)cc1F. The van der Waals surface area contributed by atoms with Crippen LogP contribution in [0.3, 0.4) is 0 Å². The van der Waals surface area contributed by atoms with Crippen molar-refractivity contribution < 1.29 is 17.5 Å². The quantitative estimate of drug-likeness (QED) is 0.746. The van der Waals surface area contributed by atoms with Crippen LogP contribution in [0.25, 0.3) is 22.0 Å². The van der Waals surface area contributed by atoms with Crippen LogP contribution in [0, 0.1) is 5.82 Å². The van der Waals surface area contributed by atoms with Gasteiger partial charge in [0.1, 0.15) is 9.84 Å². The van der Waals surface area contributed by atoms with Gasteiger partial charge in [-0.25, -0.2) is 12.8 Å². The Morgan fingerprint density at radius 3 is 2.46 bits per heavy atom. The molecule has 1 aliphatic rings. The van der Waals surface area contributed by atoms with Crippen LogP contribution in [0.15, 0.2) is 42.6 Å². The first kappa shape index (κ1) is 17.1. The summed E-state index contributed by atoms with van der Waals surface area (Å²) < 4.78 is 42.4. The van der Waals surface area contributed by atoms with E-state index < -0.39 is 15.7 Å². The molecule has 0 saturated carbocycles. The zero-order chi connectivity index (χ0) is 18.3. The number of aromatic nitrogens is 1. The molecule has 0 unspecified atom stereocenters. The first-order valence-electron chi connectivity index (χ1n) is 8.62. The van der Waals surface area contributed by atoms with E-state index in [-0.39, 0.29) is 23.2 Å². The molecule has 1 aromatic heterocycles. The number of fused-ring (bicyclic) bond motifs is 1. The smallest absolute Gasteiger partial charge is 0.165 e. The Bertz CT molecular complexity index is 1060. The molecule has 136 valence electrons. The Hall–Kier alpha value is -2.34. The molecule has 26 heavy (non-hydrogen) atoms. The van der Waals surface area contributed by atoms with Crippen molar-refractivity contribution >= 4 is 20.7 Å². The van der Waals surface area contributed by atoms with Gasteiger partial charge in [-0.15, -0.1) is 0 Å². The van der Waals surface area contributed by atoms with E-state index in [1.807, 2.05) is 30.5 Å². The van der Waals surface area contributed by atoms with Gasteiger partial charge in [0.25, 0.3) is 0 Å². The molecule has 2 heterocycles. The Morgan fingerprint density at radius 2 is 1.77 bits per heavy atom. The molecule has 2 aromatic carbocycles. The van der Waals surface area contributed by atoms with Crippen molar-refractivity contribution in [3.8, 4) is 16.9 Å². The summed E-state index contributed by atoms with van der Waals surface area (Å²) in [5, 5.41) is 1.07. The highest BCUT2D eigenvalue weighted by Crippen LogP contribution is 2.36. The predicted molar refractivity (Wildman–Crippen MR) is 101 cm³/mol. The topological polar surface area (TPSA) is 59.2 Å². The molecule has 1 N–H and O–H groups in total. The maximum Gasteiger partial charge on any atom is 0.165 e. The van der Waals surface area contributed by atoms with Gasteiger partial charge in [0.2, 0.25) is 0 Å². The number of rotatable bonds is 3. The van der Waals surface area contributed by atoms with Crippen molar-refractivity contribution in [1.82, 2.24) is 4.98 Å². The Labute approximate surface area is 151 Å². The van der Waals surface area contributed by atoms with Gasteiger partial charge in [-0.3, -0.25) is 0 Å². The zero-order valence-electron chi connectivity index (χ0n) is 14.5. The van der Waals surface area contributed by atoms with Crippen molar-refractivity contribution in [1.29, 1.82) is 0 Å². The standard InChI is InChI=1S/C20H20FNO3S/c1-25-20-5-3-15(11-18(20)21)14-2-4-19-16(10-14)17(12-22-19)13-6-8-26(23,24)9-7-13/h2-5,10-13,22H,6-9H2,1H3. The van der Waals surface area contributed by atoms with E-state index in [0.717, 1.165) is 27.6 Å². The minimum Gasteiger partial charge on any atom is -0.494 e. The summed E-state index contributed by atoms with van der Waals surface area (Å²) in [6.45, 7) is 0. The van der Waals surface area contributed by atoms with Crippen LogP contribution in [-0.2, 0) is 9.84 Å². The molecule has 1 fully saturated rings. The average Bonchev–Trinajstić information content (AvgIpc) is 3.05. The lowest BCUT2D eigenvalue weighted by Gasteiger charge is -2.21. The number of methoxy groups -OCH3 is 1. The van der Waals surface area contributed by atoms with Crippen LogP contribution >= 0.6 is 0 Å². The van der Waals surface area contributed by atoms with Gasteiger partial charge in [-0.2, -0.15) is 0 Å². The first-order valence-corrected chi connectivity index (χ1v) is 10.4. The molecule has 0 amide bonds. The normalized spacial score (nSPS) is 17.5. The van der Waals surface area contributed by atoms with Crippen molar-refractivity contribution in [2.75, 3.05) is 18.6 Å². The van der Waals surface area contributed by atoms with Crippen LogP contribution in [0.4, 0.5) is 4.39 Å². The fourth-order valence-electron chi connectivity index (χ4n) is 3.71. The molecule has 0 radical (unpaired) electrons. The van der Waals surface area contributed by atoms with E-state index in [1.54, 1.807) is 6.07 Å². The minimum atomic E-state index is -2.89. The number of halogens is 1. The third-order valence-corrected chi connectivity index (χ3v) is 6.91. The minimum absolute atomic E-state index is 0.223. The summed E-state index contributed by atoms with van der Waals surface area (Å²) in [4.78, 5) is 3.27. The van der Waals surface area contributed by atoms with E-state index >= 15 is 0 Å². The molecule has 6 heteroatoms. The number of benzene rings is 2. The second kappa shape index (κ2) is 6.43. The van der Waals surface area contributed by atoms with Gasteiger partial charge in [0, 0.05) is 17.1 Å². The maximum absolute atomic E-state index is 14.0. The molecule has 0 atom stereocenters. The second-order valence-electron chi connectivity index (χ2n) is 6.78. The van der Waals surface area contributed by atoms with Crippen LogP contribution < -0.4 is 4.74 Å². The summed E-state index contributed by atoms with van der Waals surface area (Å²) in [6, 6.07) is 10.9. The van der Waals surface area contributed by atoms with Gasteiger partial charge in [0.05, 0.1) is 18.6 Å². The Kier molecular flexibility index (Phi) is 4.23. The molecule has 3 aromatic rings. The summed E-state index contributed by atoms with van der Waals surface area (Å²) >= 11 is 0. The summed E-state index contributed by atoms with van der Waals surface area (Å²) in [5.41, 5.74) is 3.85. The van der Waals surface area contributed by atoms with Gasteiger partial charge < -0.3 is 9.72 Å². The largest absolute Gasteiger partial charge is 0.494 e. The lowest BCUT2D eigenvalue weighted by Crippen LogP contribution is -2.21. The highest BCUT2D eigenvalue weighted by atomic mass is 32.2. The third kappa shape index (κ3) is 3.09. The van der Waals surface area contributed by atoms with E-state index in [1.165, 1.54) is 13.2 Å². The second-order valence-corrected chi connectivity index (χ2v) is 9.08. The third-order valence-electron chi connectivity index (χ3n) is 5.19. The first-order chi connectivity index (χ1) is 12.5. The number of H-pyrrole nitrogens is 1. The molecule has 4 rings (SSSR count). The van der Waals surface area contributed by atoms with Gasteiger partial charge in [0.15, 0.2) is 11.6 Å². The fraction of sp³-hybridized carbons (Fsp3) is 0.300.